The van der Waals surface area contributed by atoms with Gasteiger partial charge in [0.2, 0.25) is 0 Å². The highest BCUT2D eigenvalue weighted by atomic mass is 35.5. The number of aromatic nitrogens is 2. The van der Waals surface area contributed by atoms with Gasteiger partial charge in [0.15, 0.2) is 0 Å². The summed E-state index contributed by atoms with van der Waals surface area (Å²) in [4.78, 5) is 17.1. The summed E-state index contributed by atoms with van der Waals surface area (Å²) in [6, 6.07) is 11.8. The average Bonchev–Trinajstić information content (AvgIpc) is 2.56. The Kier molecular flexibility index (Phi) is 4.12. The van der Waals surface area contributed by atoms with E-state index in [0.717, 1.165) is 0 Å². The highest BCUT2D eigenvalue weighted by Crippen LogP contribution is 2.19. The van der Waals surface area contributed by atoms with E-state index in [9.17, 15) is 9.90 Å². The van der Waals surface area contributed by atoms with Gasteiger partial charge in [-0.1, -0.05) is 30.7 Å². The number of fused-ring (bicyclic) bond motifs is 1. The van der Waals surface area contributed by atoms with Gasteiger partial charge in [-0.25, -0.2) is 4.98 Å². The molecule has 0 aliphatic carbocycles. The van der Waals surface area contributed by atoms with Gasteiger partial charge in [0, 0.05) is 17.0 Å². The monoisotopic (exact) mass is 327 g/mol. The number of nitrogens with zero attached hydrogens (tertiary/aromatic N) is 3. The minimum Gasteiger partial charge on any atom is -0.507 e. The van der Waals surface area contributed by atoms with Crippen LogP contribution in [0.3, 0.4) is 0 Å². The molecule has 0 fully saturated rings. The third kappa shape index (κ3) is 2.96. The molecule has 0 atom stereocenters. The molecule has 0 radical (unpaired) electrons. The van der Waals surface area contributed by atoms with E-state index in [1.54, 1.807) is 30.3 Å². The van der Waals surface area contributed by atoms with Gasteiger partial charge in [-0.3, -0.25) is 4.79 Å². The van der Waals surface area contributed by atoms with Crippen LogP contribution >= 0.6 is 11.6 Å². The number of phenols is 1. The first kappa shape index (κ1) is 15.2. The van der Waals surface area contributed by atoms with E-state index in [1.165, 1.54) is 17.0 Å². The number of hydrogen-bond donors (Lipinski definition) is 1. The predicted octanol–water partition coefficient (Wildman–Crippen LogP) is 3.20. The van der Waals surface area contributed by atoms with Crippen LogP contribution in [0, 0.1) is 0 Å². The largest absolute Gasteiger partial charge is 0.507 e. The van der Waals surface area contributed by atoms with Crippen molar-refractivity contribution in [2.75, 3.05) is 0 Å². The van der Waals surface area contributed by atoms with Crippen molar-refractivity contribution in [2.24, 2.45) is 5.10 Å². The van der Waals surface area contributed by atoms with Crippen molar-refractivity contribution in [3.8, 4) is 5.75 Å². The molecule has 2 aromatic carbocycles. The Hall–Kier alpha value is -2.66. The molecule has 0 saturated carbocycles. The van der Waals surface area contributed by atoms with Gasteiger partial charge in [0.25, 0.3) is 5.56 Å². The van der Waals surface area contributed by atoms with Crippen LogP contribution < -0.4 is 5.56 Å². The molecule has 0 saturated heterocycles. The van der Waals surface area contributed by atoms with E-state index >= 15 is 0 Å². The zero-order valence-corrected chi connectivity index (χ0v) is 13.2. The molecule has 0 spiro atoms. The maximum atomic E-state index is 12.6. The molecule has 0 aliphatic rings. The van der Waals surface area contributed by atoms with Crippen LogP contribution in [-0.2, 0) is 6.42 Å². The SMILES string of the molecule is CCc1nc2ccccc2c(=O)n1N=Cc1cc(Cl)ccc1O. The summed E-state index contributed by atoms with van der Waals surface area (Å²) < 4.78 is 1.25. The fraction of sp³-hybridized carbons (Fsp3) is 0.118. The molecule has 3 rings (SSSR count). The molecule has 0 amide bonds. The van der Waals surface area contributed by atoms with Crippen molar-refractivity contribution < 1.29 is 5.11 Å². The summed E-state index contributed by atoms with van der Waals surface area (Å²) in [5, 5.41) is 15.0. The fourth-order valence-electron chi connectivity index (χ4n) is 2.27. The summed E-state index contributed by atoms with van der Waals surface area (Å²) in [5.41, 5.74) is 0.830. The van der Waals surface area contributed by atoms with Gasteiger partial charge in [0.1, 0.15) is 11.6 Å². The van der Waals surface area contributed by atoms with E-state index in [1.807, 2.05) is 13.0 Å². The van der Waals surface area contributed by atoms with Crippen LogP contribution in [0.25, 0.3) is 10.9 Å². The Balaban J connectivity index is 2.16. The Morgan fingerprint density at radius 1 is 1.30 bits per heavy atom. The zero-order chi connectivity index (χ0) is 16.4. The highest BCUT2D eigenvalue weighted by Gasteiger charge is 2.08. The van der Waals surface area contributed by atoms with E-state index in [0.29, 0.717) is 33.7 Å². The first-order valence-corrected chi connectivity index (χ1v) is 7.51. The smallest absolute Gasteiger partial charge is 0.282 e. The molecule has 1 N–H and O–H groups in total. The number of benzene rings is 2. The second-order valence-electron chi connectivity index (χ2n) is 4.96. The number of para-hydroxylation sites is 1. The Morgan fingerprint density at radius 3 is 2.87 bits per heavy atom. The Bertz CT molecular complexity index is 964. The third-order valence-electron chi connectivity index (χ3n) is 3.44. The summed E-state index contributed by atoms with van der Waals surface area (Å²) in [6.45, 7) is 1.90. The maximum Gasteiger partial charge on any atom is 0.282 e. The maximum absolute atomic E-state index is 12.6. The van der Waals surface area contributed by atoms with Crippen LogP contribution in [0.4, 0.5) is 0 Å². The number of rotatable bonds is 3. The van der Waals surface area contributed by atoms with Gasteiger partial charge in [0.05, 0.1) is 17.1 Å². The van der Waals surface area contributed by atoms with Crippen LogP contribution in [0.5, 0.6) is 5.75 Å². The number of aryl methyl sites for hydroxylation is 1. The van der Waals surface area contributed by atoms with Crippen molar-refractivity contribution in [1.82, 2.24) is 9.66 Å². The lowest BCUT2D eigenvalue weighted by atomic mass is 10.2. The van der Waals surface area contributed by atoms with Crippen molar-refractivity contribution in [1.29, 1.82) is 0 Å². The average molecular weight is 328 g/mol. The third-order valence-corrected chi connectivity index (χ3v) is 3.67. The van der Waals surface area contributed by atoms with Crippen LogP contribution in [0.2, 0.25) is 5.02 Å². The molecule has 1 heterocycles. The molecule has 0 aliphatic heterocycles. The number of halogens is 1. The molecule has 23 heavy (non-hydrogen) atoms. The standard InChI is InChI=1S/C17H14ClN3O2/c1-2-16-20-14-6-4-3-5-13(14)17(23)21(16)19-10-11-9-12(18)7-8-15(11)22/h3-10,22H,2H2,1H3. The zero-order valence-electron chi connectivity index (χ0n) is 12.4. The van der Waals surface area contributed by atoms with Gasteiger partial charge in [-0.2, -0.15) is 9.78 Å². The fourth-order valence-corrected chi connectivity index (χ4v) is 2.45. The minimum atomic E-state index is -0.245. The van der Waals surface area contributed by atoms with E-state index in [4.69, 9.17) is 11.6 Å². The highest BCUT2D eigenvalue weighted by molar-refractivity contribution is 6.30. The quantitative estimate of drug-likeness (QED) is 0.751. The molecule has 0 unspecified atom stereocenters. The van der Waals surface area contributed by atoms with Gasteiger partial charge < -0.3 is 5.11 Å². The van der Waals surface area contributed by atoms with Crippen LogP contribution in [0.1, 0.15) is 18.3 Å². The van der Waals surface area contributed by atoms with Gasteiger partial charge >= 0.3 is 0 Å². The topological polar surface area (TPSA) is 67.5 Å². The lowest BCUT2D eigenvalue weighted by Crippen LogP contribution is -2.22. The van der Waals surface area contributed by atoms with Crippen LogP contribution in [0.15, 0.2) is 52.4 Å². The van der Waals surface area contributed by atoms with E-state index in [2.05, 4.69) is 10.1 Å². The van der Waals surface area contributed by atoms with E-state index < -0.39 is 0 Å². The summed E-state index contributed by atoms with van der Waals surface area (Å²) in [5.74, 6) is 0.587. The Morgan fingerprint density at radius 2 is 2.09 bits per heavy atom. The van der Waals surface area contributed by atoms with Crippen LogP contribution in [-0.4, -0.2) is 21.0 Å². The minimum absolute atomic E-state index is 0.0398. The van der Waals surface area contributed by atoms with Gasteiger partial charge in [-0.15, -0.1) is 0 Å². The van der Waals surface area contributed by atoms with E-state index in [-0.39, 0.29) is 11.3 Å². The molecule has 3 aromatic rings. The molecule has 116 valence electrons. The summed E-state index contributed by atoms with van der Waals surface area (Å²) in [6.07, 6.45) is 1.96. The number of aromatic hydroxyl groups is 1. The summed E-state index contributed by atoms with van der Waals surface area (Å²) >= 11 is 5.91. The number of phenolic OH excluding ortho intramolecular Hbond substituents is 1. The molecule has 1 aromatic heterocycles. The van der Waals surface area contributed by atoms with Crippen molar-refractivity contribution in [2.45, 2.75) is 13.3 Å². The molecular weight excluding hydrogens is 314 g/mol. The molecule has 5 nitrogen and oxygen atoms in total. The van der Waals surface area contributed by atoms with Crippen molar-refractivity contribution >= 4 is 28.7 Å². The summed E-state index contributed by atoms with van der Waals surface area (Å²) in [7, 11) is 0. The first-order valence-electron chi connectivity index (χ1n) is 7.13. The predicted molar refractivity (Wildman–Crippen MR) is 91.5 cm³/mol. The lowest BCUT2D eigenvalue weighted by Gasteiger charge is -2.07. The Labute approximate surface area is 137 Å². The van der Waals surface area contributed by atoms with Crippen molar-refractivity contribution in [3.63, 3.8) is 0 Å². The first-order chi connectivity index (χ1) is 11.1. The van der Waals surface area contributed by atoms with Crippen molar-refractivity contribution in [3.05, 3.63) is 69.2 Å². The molecule has 6 heteroatoms. The normalized spacial score (nSPS) is 11.4. The lowest BCUT2D eigenvalue weighted by molar-refractivity contribution is 0.474. The second kappa shape index (κ2) is 6.22. The molecule has 0 bridgehead atoms. The molecular formula is C17H14ClN3O2. The van der Waals surface area contributed by atoms with Gasteiger partial charge in [-0.05, 0) is 30.3 Å². The second-order valence-corrected chi connectivity index (χ2v) is 5.40. The number of hydrogen-bond acceptors (Lipinski definition) is 4.